The third kappa shape index (κ3) is 4.19. The van der Waals surface area contributed by atoms with E-state index < -0.39 is 0 Å². The van der Waals surface area contributed by atoms with E-state index in [2.05, 4.69) is 17.2 Å². The molecular weight excluding hydrogens is 381 g/mol. The van der Waals surface area contributed by atoms with Crippen LogP contribution in [0.3, 0.4) is 0 Å². The maximum absolute atomic E-state index is 12.4. The number of anilines is 1. The summed E-state index contributed by atoms with van der Waals surface area (Å²) in [5, 5.41) is 4.30. The number of carbonyl (C=O) groups is 1. The first-order chi connectivity index (χ1) is 12.0. The molecule has 0 spiro atoms. The topological polar surface area (TPSA) is 64.0 Å². The predicted octanol–water partition coefficient (Wildman–Crippen LogP) is 4.18. The van der Waals surface area contributed by atoms with Crippen LogP contribution in [0.25, 0.3) is 0 Å². The second kappa shape index (κ2) is 7.81. The van der Waals surface area contributed by atoms with Crippen molar-refractivity contribution in [3.05, 3.63) is 50.4 Å². The second-order valence-corrected chi connectivity index (χ2v) is 7.64. The van der Waals surface area contributed by atoms with Crippen LogP contribution >= 0.6 is 35.0 Å². The molecule has 1 aliphatic heterocycles. The Kier molecular flexibility index (Phi) is 5.71. The molecular formula is C17H17Cl2N3O2S. The summed E-state index contributed by atoms with van der Waals surface area (Å²) in [7, 11) is 0. The van der Waals surface area contributed by atoms with Gasteiger partial charge < -0.3 is 5.32 Å². The number of benzene rings is 1. The summed E-state index contributed by atoms with van der Waals surface area (Å²) < 4.78 is 1.62. The zero-order valence-corrected chi connectivity index (χ0v) is 15.9. The SMILES string of the molecule is CCCc1cc(=O)n2c(n1)SCC2CC(=O)Nc1ccc(Cl)c(Cl)c1. The van der Waals surface area contributed by atoms with Gasteiger partial charge in [-0.15, -0.1) is 0 Å². The molecule has 0 saturated carbocycles. The van der Waals surface area contributed by atoms with Crippen molar-refractivity contribution in [1.82, 2.24) is 9.55 Å². The average molecular weight is 398 g/mol. The Labute approximate surface area is 159 Å². The number of hydrogen-bond donors (Lipinski definition) is 1. The highest BCUT2D eigenvalue weighted by Gasteiger charge is 2.27. The quantitative estimate of drug-likeness (QED) is 0.768. The number of aromatic nitrogens is 2. The standard InChI is InChI=1S/C17H17Cl2N3O2S/c1-2-3-10-7-16(24)22-12(9-25-17(22)21-10)8-15(23)20-11-4-5-13(18)14(19)6-11/h4-7,12H,2-3,8-9H2,1H3,(H,20,23). The van der Waals surface area contributed by atoms with E-state index in [1.54, 1.807) is 28.8 Å². The number of rotatable bonds is 5. The van der Waals surface area contributed by atoms with Gasteiger partial charge in [0.1, 0.15) is 0 Å². The molecule has 0 bridgehead atoms. The third-order valence-electron chi connectivity index (χ3n) is 3.87. The lowest BCUT2D eigenvalue weighted by Gasteiger charge is -2.14. The number of hydrogen-bond acceptors (Lipinski definition) is 4. The molecule has 1 amide bonds. The minimum absolute atomic E-state index is 0.0919. The van der Waals surface area contributed by atoms with Crippen LogP contribution in [0.1, 0.15) is 31.5 Å². The highest BCUT2D eigenvalue weighted by Crippen LogP contribution is 2.32. The van der Waals surface area contributed by atoms with Crippen molar-refractivity contribution >= 4 is 46.6 Å². The Morgan fingerprint density at radius 3 is 2.88 bits per heavy atom. The summed E-state index contributed by atoms with van der Waals surface area (Å²) in [5.74, 6) is 0.480. The molecule has 0 aliphatic carbocycles. The van der Waals surface area contributed by atoms with E-state index in [0.717, 1.165) is 18.5 Å². The smallest absolute Gasteiger partial charge is 0.254 e. The van der Waals surface area contributed by atoms with Gasteiger partial charge in [-0.2, -0.15) is 0 Å². The fourth-order valence-electron chi connectivity index (χ4n) is 2.73. The van der Waals surface area contributed by atoms with Gasteiger partial charge in [0.2, 0.25) is 5.91 Å². The molecule has 3 rings (SSSR count). The lowest BCUT2D eigenvalue weighted by atomic mass is 10.2. The molecule has 0 radical (unpaired) electrons. The summed E-state index contributed by atoms with van der Waals surface area (Å²) in [4.78, 5) is 29.2. The number of aryl methyl sites for hydroxylation is 1. The summed E-state index contributed by atoms with van der Waals surface area (Å²) in [6.45, 7) is 2.05. The summed E-state index contributed by atoms with van der Waals surface area (Å²) >= 11 is 13.3. The van der Waals surface area contributed by atoms with Crippen molar-refractivity contribution in [2.45, 2.75) is 37.4 Å². The van der Waals surface area contributed by atoms with Crippen molar-refractivity contribution in [3.8, 4) is 0 Å². The molecule has 25 heavy (non-hydrogen) atoms. The molecule has 1 unspecified atom stereocenters. The third-order valence-corrected chi connectivity index (χ3v) is 5.71. The van der Waals surface area contributed by atoms with Crippen molar-refractivity contribution < 1.29 is 4.79 Å². The van der Waals surface area contributed by atoms with Gasteiger partial charge in [-0.1, -0.05) is 48.3 Å². The highest BCUT2D eigenvalue weighted by molar-refractivity contribution is 7.99. The first-order valence-electron chi connectivity index (χ1n) is 7.98. The van der Waals surface area contributed by atoms with E-state index in [0.29, 0.717) is 26.6 Å². The Hall–Kier alpha value is -1.50. The first-order valence-corrected chi connectivity index (χ1v) is 9.72. The zero-order valence-electron chi connectivity index (χ0n) is 13.6. The summed E-state index contributed by atoms with van der Waals surface area (Å²) in [6, 6.07) is 6.29. The fraction of sp³-hybridized carbons (Fsp3) is 0.353. The maximum Gasteiger partial charge on any atom is 0.254 e. The Balaban J connectivity index is 1.72. The predicted molar refractivity (Wildman–Crippen MR) is 102 cm³/mol. The van der Waals surface area contributed by atoms with Gasteiger partial charge in [-0.3, -0.25) is 14.2 Å². The van der Waals surface area contributed by atoms with Crippen LogP contribution in [0.15, 0.2) is 34.2 Å². The van der Waals surface area contributed by atoms with Gasteiger partial charge in [0.05, 0.1) is 16.1 Å². The van der Waals surface area contributed by atoms with Gasteiger partial charge in [-0.25, -0.2) is 4.98 Å². The monoisotopic (exact) mass is 397 g/mol. The summed E-state index contributed by atoms with van der Waals surface area (Å²) in [6.07, 6.45) is 1.93. The molecule has 132 valence electrons. The Bertz CT molecular complexity index is 869. The van der Waals surface area contributed by atoms with E-state index in [1.165, 1.54) is 11.8 Å². The van der Waals surface area contributed by atoms with E-state index in [4.69, 9.17) is 23.2 Å². The lowest BCUT2D eigenvalue weighted by Crippen LogP contribution is -2.27. The number of nitrogens with one attached hydrogen (secondary N) is 1. The number of halogens is 2. The average Bonchev–Trinajstić information content (AvgIpc) is 2.94. The van der Waals surface area contributed by atoms with Gasteiger partial charge in [-0.05, 0) is 24.6 Å². The molecule has 0 saturated heterocycles. The van der Waals surface area contributed by atoms with Crippen molar-refractivity contribution in [2.75, 3.05) is 11.1 Å². The van der Waals surface area contributed by atoms with Crippen LogP contribution in [-0.4, -0.2) is 21.2 Å². The maximum atomic E-state index is 12.4. The molecule has 8 heteroatoms. The Morgan fingerprint density at radius 1 is 1.36 bits per heavy atom. The van der Waals surface area contributed by atoms with Gasteiger partial charge in [0.25, 0.3) is 5.56 Å². The van der Waals surface area contributed by atoms with Crippen molar-refractivity contribution in [2.24, 2.45) is 0 Å². The van der Waals surface area contributed by atoms with E-state index in [-0.39, 0.29) is 23.9 Å². The van der Waals surface area contributed by atoms with Gasteiger partial charge >= 0.3 is 0 Å². The van der Waals surface area contributed by atoms with Crippen LogP contribution in [0.5, 0.6) is 0 Å². The van der Waals surface area contributed by atoms with E-state index in [9.17, 15) is 9.59 Å². The number of amides is 1. The number of carbonyl (C=O) groups excluding carboxylic acids is 1. The zero-order chi connectivity index (χ0) is 18.0. The Morgan fingerprint density at radius 2 is 2.16 bits per heavy atom. The summed E-state index contributed by atoms with van der Waals surface area (Å²) in [5.41, 5.74) is 1.30. The molecule has 5 nitrogen and oxygen atoms in total. The highest BCUT2D eigenvalue weighted by atomic mass is 35.5. The van der Waals surface area contributed by atoms with E-state index >= 15 is 0 Å². The normalized spacial score (nSPS) is 15.9. The molecule has 1 aromatic heterocycles. The first kappa shape index (κ1) is 18.3. The van der Waals surface area contributed by atoms with Gasteiger partial charge in [0, 0.05) is 29.6 Å². The van der Waals surface area contributed by atoms with Crippen LogP contribution in [0.2, 0.25) is 10.0 Å². The van der Waals surface area contributed by atoms with Crippen molar-refractivity contribution in [3.63, 3.8) is 0 Å². The minimum atomic E-state index is -0.196. The molecule has 1 atom stereocenters. The molecule has 1 aliphatic rings. The van der Waals surface area contributed by atoms with Crippen LogP contribution in [0.4, 0.5) is 5.69 Å². The largest absolute Gasteiger partial charge is 0.326 e. The van der Waals surface area contributed by atoms with Crippen molar-refractivity contribution in [1.29, 1.82) is 0 Å². The van der Waals surface area contributed by atoms with Gasteiger partial charge in [0.15, 0.2) is 5.16 Å². The second-order valence-electron chi connectivity index (χ2n) is 5.83. The van der Waals surface area contributed by atoms with Crippen LogP contribution in [0, 0.1) is 0 Å². The molecule has 2 aromatic rings. The molecule has 2 heterocycles. The number of fused-ring (bicyclic) bond motifs is 1. The number of thioether (sulfide) groups is 1. The molecule has 1 N–H and O–H groups in total. The molecule has 0 fully saturated rings. The van der Waals surface area contributed by atoms with Crippen LogP contribution < -0.4 is 10.9 Å². The van der Waals surface area contributed by atoms with E-state index in [1.807, 2.05) is 0 Å². The lowest BCUT2D eigenvalue weighted by molar-refractivity contribution is -0.116. The molecule has 1 aromatic carbocycles. The fourth-order valence-corrected chi connectivity index (χ4v) is 4.20. The number of nitrogens with zero attached hydrogens (tertiary/aromatic N) is 2. The minimum Gasteiger partial charge on any atom is -0.326 e. The van der Waals surface area contributed by atoms with Crippen LogP contribution in [-0.2, 0) is 11.2 Å².